The summed E-state index contributed by atoms with van der Waals surface area (Å²) >= 11 is 13.0. The molecule has 0 aliphatic carbocycles. The number of ether oxygens (including phenoxy) is 1. The minimum atomic E-state index is -1.39. The molecule has 0 aromatic carbocycles. The molecule has 1 fully saturated rings. The van der Waals surface area contributed by atoms with Crippen LogP contribution in [0, 0.1) is 12.8 Å². The van der Waals surface area contributed by atoms with E-state index in [4.69, 9.17) is 27.9 Å². The largest absolute Gasteiger partial charge is 0.477 e. The van der Waals surface area contributed by atoms with Gasteiger partial charge in [-0.1, -0.05) is 34.5 Å². The fraction of sp³-hybridized carbons (Fsp3) is 0.444. The third kappa shape index (κ3) is 4.31. The van der Waals surface area contributed by atoms with Crippen LogP contribution >= 0.6 is 34.5 Å². The molecule has 1 aliphatic rings. The van der Waals surface area contributed by atoms with Crippen LogP contribution in [0.4, 0.5) is 5.13 Å². The van der Waals surface area contributed by atoms with Crippen molar-refractivity contribution in [2.24, 2.45) is 5.92 Å². The number of carboxylic acid groups (broad SMARTS) is 2. The maximum atomic E-state index is 12.7. The van der Waals surface area contributed by atoms with E-state index < -0.39 is 17.6 Å². The predicted molar refractivity (Wildman–Crippen MR) is 112 cm³/mol. The van der Waals surface area contributed by atoms with Crippen LogP contribution in [-0.4, -0.2) is 64.2 Å². The highest BCUT2D eigenvalue weighted by molar-refractivity contribution is 7.17. The molecule has 2 atom stereocenters. The van der Waals surface area contributed by atoms with Crippen LogP contribution < -0.4 is 4.90 Å². The van der Waals surface area contributed by atoms with Crippen LogP contribution in [-0.2, 0) is 4.74 Å². The summed E-state index contributed by atoms with van der Waals surface area (Å²) in [6.45, 7) is 2.55. The first-order chi connectivity index (χ1) is 14.1. The number of methoxy groups -OCH3 is 1. The molecule has 162 valence electrons. The van der Waals surface area contributed by atoms with E-state index in [0.29, 0.717) is 35.4 Å². The summed E-state index contributed by atoms with van der Waals surface area (Å²) in [4.78, 5) is 43.7. The second-order valence-electron chi connectivity index (χ2n) is 6.93. The molecule has 30 heavy (non-hydrogen) atoms. The normalized spacial score (nSPS) is 19.1. The molecule has 1 saturated heterocycles. The van der Waals surface area contributed by atoms with Gasteiger partial charge in [0.1, 0.15) is 10.6 Å². The number of thiazole rings is 1. The number of carboxylic acids is 2. The zero-order valence-corrected chi connectivity index (χ0v) is 18.4. The first kappa shape index (κ1) is 22.5. The summed E-state index contributed by atoms with van der Waals surface area (Å²) in [5.74, 6) is -3.01. The summed E-state index contributed by atoms with van der Waals surface area (Å²) < 4.78 is 5.56. The van der Waals surface area contributed by atoms with Crippen molar-refractivity contribution >= 4 is 57.4 Å². The van der Waals surface area contributed by atoms with Crippen molar-refractivity contribution in [1.82, 2.24) is 9.97 Å². The predicted octanol–water partition coefficient (Wildman–Crippen LogP) is 3.60. The van der Waals surface area contributed by atoms with E-state index in [1.165, 1.54) is 7.11 Å². The number of piperidine rings is 1. The lowest BCUT2D eigenvalue weighted by Gasteiger charge is -2.37. The van der Waals surface area contributed by atoms with Gasteiger partial charge in [0.25, 0.3) is 0 Å². The number of hydrogen-bond acceptors (Lipinski definition) is 7. The van der Waals surface area contributed by atoms with Crippen LogP contribution in [0.2, 0.25) is 10.0 Å². The number of aromatic amines is 1. The van der Waals surface area contributed by atoms with Crippen molar-refractivity contribution in [1.29, 1.82) is 0 Å². The Morgan fingerprint density at radius 2 is 1.97 bits per heavy atom. The molecule has 2 aromatic heterocycles. The minimum Gasteiger partial charge on any atom is -0.477 e. The van der Waals surface area contributed by atoms with Crippen molar-refractivity contribution in [3.63, 3.8) is 0 Å². The van der Waals surface area contributed by atoms with Crippen molar-refractivity contribution in [3.8, 4) is 0 Å². The molecule has 12 heteroatoms. The average Bonchev–Trinajstić information content (AvgIpc) is 3.26. The maximum Gasteiger partial charge on any atom is 0.356 e. The van der Waals surface area contributed by atoms with Crippen LogP contribution in [0.15, 0.2) is 0 Å². The highest BCUT2D eigenvalue weighted by atomic mass is 35.5. The van der Waals surface area contributed by atoms with Crippen LogP contribution in [0.3, 0.4) is 0 Å². The van der Waals surface area contributed by atoms with E-state index in [-0.39, 0.29) is 39.8 Å². The van der Waals surface area contributed by atoms with Crippen molar-refractivity contribution in [2.45, 2.75) is 25.9 Å². The number of anilines is 1. The quantitative estimate of drug-likeness (QED) is 0.517. The van der Waals surface area contributed by atoms with E-state index in [2.05, 4.69) is 9.97 Å². The van der Waals surface area contributed by atoms with Gasteiger partial charge in [-0.25, -0.2) is 14.6 Å². The summed E-state index contributed by atoms with van der Waals surface area (Å²) in [5, 5.41) is 19.2. The van der Waals surface area contributed by atoms with Gasteiger partial charge in [0.05, 0.1) is 16.1 Å². The average molecular weight is 476 g/mol. The third-order valence-electron chi connectivity index (χ3n) is 5.06. The van der Waals surface area contributed by atoms with Gasteiger partial charge in [-0.05, 0) is 19.3 Å². The van der Waals surface area contributed by atoms with E-state index in [9.17, 15) is 24.6 Å². The van der Waals surface area contributed by atoms with Gasteiger partial charge in [0.2, 0.25) is 0 Å². The number of ketones is 1. The standard InChI is InChI=1S/C18H19Cl2N3O6S/c1-7-11(19)12(20)13(21-7)9(24)5-8-3-4-23(6-10(8)29-2)18-22-14(16(25)26)15(30-18)17(27)28/h8,10,21H,3-6H2,1-2H3,(H,25,26)(H,27,28). The second kappa shape index (κ2) is 8.93. The maximum absolute atomic E-state index is 12.7. The lowest BCUT2D eigenvalue weighted by molar-refractivity contribution is 0.0374. The molecule has 3 N–H and O–H groups in total. The second-order valence-corrected chi connectivity index (χ2v) is 8.67. The minimum absolute atomic E-state index is 0.102. The zero-order valence-electron chi connectivity index (χ0n) is 16.1. The third-order valence-corrected chi connectivity index (χ3v) is 7.11. The van der Waals surface area contributed by atoms with Gasteiger partial charge in [-0.3, -0.25) is 4.79 Å². The van der Waals surface area contributed by atoms with Gasteiger partial charge in [-0.15, -0.1) is 0 Å². The van der Waals surface area contributed by atoms with E-state index in [0.717, 1.165) is 11.3 Å². The molecule has 1 aliphatic heterocycles. The smallest absolute Gasteiger partial charge is 0.356 e. The number of halogens is 2. The number of rotatable bonds is 7. The molecule has 0 radical (unpaired) electrons. The molecule has 9 nitrogen and oxygen atoms in total. The highest BCUT2D eigenvalue weighted by Crippen LogP contribution is 2.34. The lowest BCUT2D eigenvalue weighted by atomic mass is 9.88. The van der Waals surface area contributed by atoms with Gasteiger partial charge in [0, 0.05) is 32.3 Å². The topological polar surface area (TPSA) is 133 Å². The molecular weight excluding hydrogens is 457 g/mol. The molecule has 0 bridgehead atoms. The lowest BCUT2D eigenvalue weighted by Crippen LogP contribution is -2.45. The van der Waals surface area contributed by atoms with Crippen molar-refractivity contribution in [3.05, 3.63) is 32.0 Å². The Balaban J connectivity index is 1.74. The van der Waals surface area contributed by atoms with Gasteiger partial charge in [-0.2, -0.15) is 0 Å². The fourth-order valence-electron chi connectivity index (χ4n) is 3.48. The summed E-state index contributed by atoms with van der Waals surface area (Å²) in [6, 6.07) is 0. The Bertz CT molecular complexity index is 973. The van der Waals surface area contributed by atoms with Gasteiger partial charge < -0.3 is 24.8 Å². The Hall–Kier alpha value is -2.14. The molecule has 0 spiro atoms. The Kier molecular flexibility index (Phi) is 6.71. The van der Waals surface area contributed by atoms with E-state index in [1.54, 1.807) is 11.8 Å². The van der Waals surface area contributed by atoms with Crippen LogP contribution in [0.1, 0.15) is 49.2 Å². The fourth-order valence-corrected chi connectivity index (χ4v) is 4.84. The molecule has 2 unspecified atom stereocenters. The van der Waals surface area contributed by atoms with Crippen LogP contribution in [0.5, 0.6) is 0 Å². The number of aromatic nitrogens is 2. The summed E-state index contributed by atoms with van der Waals surface area (Å²) in [7, 11) is 1.53. The molecule has 3 heterocycles. The summed E-state index contributed by atoms with van der Waals surface area (Å²) in [5.41, 5.74) is 0.409. The molecular formula is C18H19Cl2N3O6S. The zero-order chi connectivity index (χ0) is 22.2. The van der Waals surface area contributed by atoms with E-state index in [1.807, 2.05) is 0 Å². The highest BCUT2D eigenvalue weighted by Gasteiger charge is 2.34. The number of carbonyl (C=O) groups is 3. The van der Waals surface area contributed by atoms with Gasteiger partial charge >= 0.3 is 11.9 Å². The SMILES string of the molecule is COC1CN(c2nc(C(=O)O)c(C(=O)O)s2)CCC1CC(=O)c1[nH]c(C)c(Cl)c1Cl. The number of aryl methyl sites for hydroxylation is 1. The number of H-pyrrole nitrogens is 1. The molecule has 0 saturated carbocycles. The Morgan fingerprint density at radius 1 is 1.27 bits per heavy atom. The summed E-state index contributed by atoms with van der Waals surface area (Å²) in [6.07, 6.45) is 0.430. The number of carbonyl (C=O) groups excluding carboxylic acids is 1. The van der Waals surface area contributed by atoms with Crippen molar-refractivity contribution < 1.29 is 29.3 Å². The number of hydrogen-bond donors (Lipinski definition) is 3. The number of Topliss-reactive ketones (excluding diaryl/α,β-unsaturated/α-hetero) is 1. The van der Waals surface area contributed by atoms with Gasteiger partial charge in [0.15, 0.2) is 16.6 Å². The Morgan fingerprint density at radius 3 is 2.47 bits per heavy atom. The molecule has 0 amide bonds. The first-order valence-corrected chi connectivity index (χ1v) is 10.5. The Labute approximate surface area is 185 Å². The first-order valence-electron chi connectivity index (χ1n) is 8.95. The van der Waals surface area contributed by atoms with Crippen molar-refractivity contribution in [2.75, 3.05) is 25.1 Å². The van der Waals surface area contributed by atoms with Crippen LogP contribution in [0.25, 0.3) is 0 Å². The number of nitrogens with zero attached hydrogens (tertiary/aromatic N) is 2. The monoisotopic (exact) mass is 475 g/mol. The molecule has 3 rings (SSSR count). The molecule has 2 aromatic rings. The van der Waals surface area contributed by atoms with E-state index >= 15 is 0 Å². The number of aromatic carboxylic acids is 2. The number of nitrogens with one attached hydrogen (secondary N) is 1.